The smallest absolute Gasteiger partial charge is 0.336 e. The van der Waals surface area contributed by atoms with E-state index >= 15 is 0 Å². The van der Waals surface area contributed by atoms with Crippen LogP contribution < -0.4 is 14.8 Å². The van der Waals surface area contributed by atoms with Crippen molar-refractivity contribution >= 4 is 29.0 Å². The highest BCUT2D eigenvalue weighted by Crippen LogP contribution is 2.47. The van der Waals surface area contributed by atoms with E-state index in [1.54, 1.807) is 33.3 Å². The molecule has 0 bridgehead atoms. The molecule has 1 heterocycles. The van der Waals surface area contributed by atoms with Crippen molar-refractivity contribution < 1.29 is 28.7 Å². The molecule has 2 aliphatic rings. The summed E-state index contributed by atoms with van der Waals surface area (Å²) in [5, 5.41) is 14.9. The van der Waals surface area contributed by atoms with Crippen LogP contribution in [-0.2, 0) is 14.3 Å². The number of ether oxygens (including phenoxy) is 3. The third-order valence-electron chi connectivity index (χ3n) is 6.86. The van der Waals surface area contributed by atoms with Gasteiger partial charge in [0.05, 0.1) is 31.3 Å². The van der Waals surface area contributed by atoms with E-state index < -0.39 is 16.8 Å². The van der Waals surface area contributed by atoms with Gasteiger partial charge >= 0.3 is 5.97 Å². The summed E-state index contributed by atoms with van der Waals surface area (Å²) in [5.41, 5.74) is 2.92. The molecule has 10 heteroatoms. The fourth-order valence-corrected chi connectivity index (χ4v) is 5.29. The van der Waals surface area contributed by atoms with Crippen molar-refractivity contribution in [3.63, 3.8) is 0 Å². The third-order valence-corrected chi connectivity index (χ3v) is 7.18. The molecule has 0 fully saturated rings. The predicted octanol–water partition coefficient (Wildman–Crippen LogP) is 5.58. The maximum atomic E-state index is 13.8. The monoisotopic (exact) mass is 540 g/mol. The molecule has 38 heavy (non-hydrogen) atoms. The van der Waals surface area contributed by atoms with Gasteiger partial charge in [-0.05, 0) is 55.0 Å². The summed E-state index contributed by atoms with van der Waals surface area (Å²) < 4.78 is 16.2. The number of nitrogens with one attached hydrogen (secondary N) is 1. The van der Waals surface area contributed by atoms with Crippen molar-refractivity contribution in [2.24, 2.45) is 0 Å². The summed E-state index contributed by atoms with van der Waals surface area (Å²) in [4.78, 5) is 38.0. The molecule has 1 aliphatic heterocycles. The first-order valence-corrected chi connectivity index (χ1v) is 12.6. The highest BCUT2D eigenvalue weighted by Gasteiger charge is 2.42. The number of halogens is 1. The van der Waals surface area contributed by atoms with E-state index in [4.69, 9.17) is 25.8 Å². The quantitative estimate of drug-likeness (QED) is 0.262. The van der Waals surface area contributed by atoms with Crippen LogP contribution in [0.2, 0.25) is 5.02 Å². The van der Waals surface area contributed by atoms with E-state index in [1.807, 2.05) is 19.1 Å². The molecule has 4 rings (SSSR count). The molecule has 0 amide bonds. The Hall–Kier alpha value is -3.85. The SMILES string of the molecule is CCCOC(=O)C1=C(C)NC2=C(C(=O)C[C@H](c3ccc(OC)c(OC)c3)C2)[C@H]1c1ccc(Cl)c([N+](=O)[O-])c1. The zero-order chi connectivity index (χ0) is 27.6. The van der Waals surface area contributed by atoms with Crippen LogP contribution in [0.5, 0.6) is 11.5 Å². The van der Waals surface area contributed by atoms with Crippen LogP contribution in [0.3, 0.4) is 0 Å². The van der Waals surface area contributed by atoms with E-state index in [-0.39, 0.29) is 41.0 Å². The number of benzene rings is 2. The number of carbonyl (C=O) groups is 2. The first-order chi connectivity index (χ1) is 18.2. The normalized spacial score (nSPS) is 19.0. The topological polar surface area (TPSA) is 117 Å². The molecule has 0 saturated carbocycles. The molecule has 0 saturated heterocycles. The fraction of sp³-hybridized carbons (Fsp3) is 0.357. The molecular weight excluding hydrogens is 512 g/mol. The molecule has 2 aromatic rings. The van der Waals surface area contributed by atoms with Crippen LogP contribution in [0.25, 0.3) is 0 Å². The zero-order valence-corrected chi connectivity index (χ0v) is 22.4. The number of nitrogens with zero attached hydrogens (tertiary/aromatic N) is 1. The molecule has 1 N–H and O–H groups in total. The lowest BCUT2D eigenvalue weighted by atomic mass is 9.71. The Morgan fingerprint density at radius 1 is 1.11 bits per heavy atom. The van der Waals surface area contributed by atoms with Gasteiger partial charge in [0.15, 0.2) is 17.3 Å². The Bertz CT molecular complexity index is 1360. The summed E-state index contributed by atoms with van der Waals surface area (Å²) in [5.74, 6) is -0.541. The highest BCUT2D eigenvalue weighted by molar-refractivity contribution is 6.32. The summed E-state index contributed by atoms with van der Waals surface area (Å²) in [6.45, 7) is 3.84. The number of Topliss-reactive ketones (excluding diaryl/α,β-unsaturated/α-hetero) is 1. The van der Waals surface area contributed by atoms with Crippen LogP contribution in [0.15, 0.2) is 58.9 Å². The first kappa shape index (κ1) is 27.2. The molecular formula is C28H29ClN2O7. The minimum Gasteiger partial charge on any atom is -0.493 e. The third kappa shape index (κ3) is 5.11. The summed E-state index contributed by atoms with van der Waals surface area (Å²) in [6, 6.07) is 9.94. The van der Waals surface area contributed by atoms with Crippen molar-refractivity contribution in [2.45, 2.75) is 44.9 Å². The Kier molecular flexibility index (Phi) is 8.06. The molecule has 0 radical (unpaired) electrons. The first-order valence-electron chi connectivity index (χ1n) is 12.3. The average Bonchev–Trinajstić information content (AvgIpc) is 2.90. The molecule has 1 aliphatic carbocycles. The van der Waals surface area contributed by atoms with Crippen LogP contribution in [0, 0.1) is 10.1 Å². The number of nitro benzene ring substituents is 1. The number of hydrogen-bond donors (Lipinski definition) is 1. The van der Waals surface area contributed by atoms with Gasteiger partial charge in [-0.1, -0.05) is 30.7 Å². The predicted molar refractivity (Wildman–Crippen MR) is 141 cm³/mol. The lowest BCUT2D eigenvalue weighted by Crippen LogP contribution is -2.36. The van der Waals surface area contributed by atoms with E-state index in [9.17, 15) is 19.7 Å². The van der Waals surface area contributed by atoms with Crippen molar-refractivity contribution in [3.05, 3.63) is 85.2 Å². The van der Waals surface area contributed by atoms with Crippen molar-refractivity contribution in [2.75, 3.05) is 20.8 Å². The molecule has 9 nitrogen and oxygen atoms in total. The summed E-state index contributed by atoms with van der Waals surface area (Å²) >= 11 is 6.07. The second-order valence-corrected chi connectivity index (χ2v) is 9.64. The molecule has 0 unspecified atom stereocenters. The van der Waals surface area contributed by atoms with Crippen molar-refractivity contribution in [3.8, 4) is 11.5 Å². The number of methoxy groups -OCH3 is 2. The molecule has 2 aromatic carbocycles. The number of carbonyl (C=O) groups excluding carboxylic acids is 2. The van der Waals surface area contributed by atoms with Gasteiger partial charge in [0, 0.05) is 35.4 Å². The van der Waals surface area contributed by atoms with Crippen molar-refractivity contribution in [1.82, 2.24) is 5.32 Å². The number of allylic oxidation sites excluding steroid dienone is 3. The lowest BCUT2D eigenvalue weighted by molar-refractivity contribution is -0.384. The van der Waals surface area contributed by atoms with E-state index in [0.717, 1.165) is 5.56 Å². The number of rotatable bonds is 8. The second-order valence-electron chi connectivity index (χ2n) is 9.24. The van der Waals surface area contributed by atoms with E-state index in [0.29, 0.717) is 46.9 Å². The number of esters is 1. The van der Waals surface area contributed by atoms with Gasteiger partial charge < -0.3 is 19.5 Å². The van der Waals surface area contributed by atoms with E-state index in [1.165, 1.54) is 12.1 Å². The minimum absolute atomic E-state index is 0.0267. The van der Waals surface area contributed by atoms with E-state index in [2.05, 4.69) is 5.32 Å². The molecule has 200 valence electrons. The maximum Gasteiger partial charge on any atom is 0.336 e. The van der Waals surface area contributed by atoms with Crippen LogP contribution in [0.1, 0.15) is 56.1 Å². The Labute approximate surface area is 225 Å². The van der Waals surface area contributed by atoms with Gasteiger partial charge in [-0.15, -0.1) is 0 Å². The second kappa shape index (κ2) is 11.3. The van der Waals surface area contributed by atoms with Gasteiger partial charge in [-0.3, -0.25) is 14.9 Å². The summed E-state index contributed by atoms with van der Waals surface area (Å²) in [6.07, 6.45) is 1.32. The Balaban J connectivity index is 1.81. The fourth-order valence-electron chi connectivity index (χ4n) is 5.11. The standard InChI is InChI=1S/C28H29ClN2O7/c1-5-10-38-28(33)25-15(2)30-20-11-18(16-7-9-23(36-3)24(14-16)37-4)13-22(32)27(20)26(25)17-6-8-19(29)21(12-17)31(34)35/h6-9,12,14,18,26,30H,5,10-11,13H2,1-4H3/t18-,26+/m1/s1. The number of dihydropyridines is 1. The van der Waals surface area contributed by atoms with Crippen LogP contribution >= 0.6 is 11.6 Å². The molecule has 0 aromatic heterocycles. The average molecular weight is 541 g/mol. The number of hydrogen-bond acceptors (Lipinski definition) is 8. The minimum atomic E-state index is -0.828. The molecule has 0 spiro atoms. The van der Waals surface area contributed by atoms with Gasteiger partial charge in [0.2, 0.25) is 0 Å². The van der Waals surface area contributed by atoms with Gasteiger partial charge in [0.25, 0.3) is 5.69 Å². The lowest BCUT2D eigenvalue weighted by Gasteiger charge is -2.36. The number of ketones is 1. The zero-order valence-electron chi connectivity index (χ0n) is 21.6. The van der Waals surface area contributed by atoms with Crippen LogP contribution in [-0.4, -0.2) is 37.5 Å². The Morgan fingerprint density at radius 2 is 1.82 bits per heavy atom. The summed E-state index contributed by atoms with van der Waals surface area (Å²) in [7, 11) is 3.12. The largest absolute Gasteiger partial charge is 0.493 e. The molecule has 2 atom stereocenters. The van der Waals surface area contributed by atoms with Gasteiger partial charge in [-0.2, -0.15) is 0 Å². The number of nitro groups is 1. The van der Waals surface area contributed by atoms with Crippen LogP contribution in [0.4, 0.5) is 5.69 Å². The maximum absolute atomic E-state index is 13.8. The van der Waals surface area contributed by atoms with Gasteiger partial charge in [-0.25, -0.2) is 4.79 Å². The van der Waals surface area contributed by atoms with Gasteiger partial charge in [0.1, 0.15) is 5.02 Å². The van der Waals surface area contributed by atoms with Crippen molar-refractivity contribution in [1.29, 1.82) is 0 Å². The highest BCUT2D eigenvalue weighted by atomic mass is 35.5. The Morgan fingerprint density at radius 3 is 2.47 bits per heavy atom.